The minimum atomic E-state index is -0.590. The van der Waals surface area contributed by atoms with Gasteiger partial charge in [0, 0.05) is 17.7 Å². The monoisotopic (exact) mass is 346 g/mol. The number of ketones is 1. The number of pyridine rings is 1. The SMILES string of the molecule is O=C(Cn1cc([N+](=O)[O-])ccc1=O)c1ccc2c(c1)Cc1ccccc1-2. The number of hydrogen-bond donors (Lipinski definition) is 0. The van der Waals surface area contributed by atoms with Gasteiger partial charge < -0.3 is 4.57 Å². The molecule has 0 saturated carbocycles. The van der Waals surface area contributed by atoms with E-state index in [9.17, 15) is 19.7 Å². The first-order valence-corrected chi connectivity index (χ1v) is 8.12. The lowest BCUT2D eigenvalue weighted by Gasteiger charge is -2.07. The Balaban J connectivity index is 1.63. The third-order valence-electron chi connectivity index (χ3n) is 4.61. The van der Waals surface area contributed by atoms with Crippen molar-refractivity contribution in [3.05, 3.63) is 98.0 Å². The van der Waals surface area contributed by atoms with Crippen molar-refractivity contribution < 1.29 is 9.72 Å². The standard InChI is InChI=1S/C20H14N2O4/c23-19(12-21-11-16(22(25)26)6-8-20(21)24)14-5-7-18-15(10-14)9-13-3-1-2-4-17(13)18/h1-8,10-11H,9,12H2. The summed E-state index contributed by atoms with van der Waals surface area (Å²) >= 11 is 0. The molecule has 1 heterocycles. The van der Waals surface area contributed by atoms with Crippen molar-refractivity contribution in [3.63, 3.8) is 0 Å². The van der Waals surface area contributed by atoms with Crippen LogP contribution < -0.4 is 5.56 Å². The number of nitrogens with zero attached hydrogens (tertiary/aromatic N) is 2. The summed E-state index contributed by atoms with van der Waals surface area (Å²) in [5.41, 5.74) is 4.42. The molecule has 0 bridgehead atoms. The number of aromatic nitrogens is 1. The highest BCUT2D eigenvalue weighted by Gasteiger charge is 2.20. The second kappa shape index (κ2) is 6.07. The van der Waals surface area contributed by atoms with Crippen LogP contribution in [-0.2, 0) is 13.0 Å². The lowest BCUT2D eigenvalue weighted by molar-refractivity contribution is -0.385. The van der Waals surface area contributed by atoms with Crippen LogP contribution in [0, 0.1) is 10.1 Å². The first-order valence-electron chi connectivity index (χ1n) is 8.12. The first-order chi connectivity index (χ1) is 12.5. The summed E-state index contributed by atoms with van der Waals surface area (Å²) in [7, 11) is 0. The molecule has 3 aromatic rings. The fourth-order valence-corrected chi connectivity index (χ4v) is 3.31. The Morgan fingerprint density at radius 3 is 2.62 bits per heavy atom. The largest absolute Gasteiger partial charge is 0.301 e. The molecule has 0 N–H and O–H groups in total. The van der Waals surface area contributed by atoms with Crippen molar-refractivity contribution in [2.45, 2.75) is 13.0 Å². The lowest BCUT2D eigenvalue weighted by Crippen LogP contribution is -2.23. The third kappa shape index (κ3) is 2.71. The van der Waals surface area contributed by atoms with Gasteiger partial charge in [-0.05, 0) is 34.7 Å². The van der Waals surface area contributed by atoms with Crippen molar-refractivity contribution in [3.8, 4) is 11.1 Å². The maximum Gasteiger partial charge on any atom is 0.285 e. The van der Waals surface area contributed by atoms with Gasteiger partial charge in [0.15, 0.2) is 5.78 Å². The minimum absolute atomic E-state index is 0.221. The van der Waals surface area contributed by atoms with Crippen LogP contribution in [0.15, 0.2) is 65.6 Å². The Kier molecular flexibility index (Phi) is 3.73. The van der Waals surface area contributed by atoms with Crippen molar-refractivity contribution in [2.75, 3.05) is 0 Å². The van der Waals surface area contributed by atoms with E-state index in [1.165, 1.54) is 11.1 Å². The molecule has 1 aliphatic carbocycles. The van der Waals surface area contributed by atoms with E-state index < -0.39 is 10.5 Å². The van der Waals surface area contributed by atoms with Gasteiger partial charge in [0.25, 0.3) is 11.2 Å². The normalized spacial score (nSPS) is 11.7. The van der Waals surface area contributed by atoms with E-state index in [0.29, 0.717) is 5.56 Å². The number of hydrogen-bond acceptors (Lipinski definition) is 4. The summed E-state index contributed by atoms with van der Waals surface area (Å²) in [5.74, 6) is -0.258. The smallest absolute Gasteiger partial charge is 0.285 e. The number of rotatable bonds is 4. The summed E-state index contributed by atoms with van der Waals surface area (Å²) in [6.07, 6.45) is 1.87. The molecule has 1 aromatic heterocycles. The number of Topliss-reactive ketones (excluding diaryl/α,β-unsaturated/α-hetero) is 1. The van der Waals surface area contributed by atoms with Gasteiger partial charge in [-0.1, -0.05) is 36.4 Å². The molecular formula is C20H14N2O4. The van der Waals surface area contributed by atoms with E-state index in [-0.39, 0.29) is 18.0 Å². The van der Waals surface area contributed by atoms with Crippen LogP contribution in [0.5, 0.6) is 0 Å². The summed E-state index contributed by atoms with van der Waals surface area (Å²) in [5, 5.41) is 10.9. The molecule has 2 aromatic carbocycles. The Bertz CT molecular complexity index is 1110. The van der Waals surface area contributed by atoms with Gasteiger partial charge in [0.2, 0.25) is 0 Å². The number of carbonyl (C=O) groups is 1. The van der Waals surface area contributed by atoms with E-state index in [0.717, 1.165) is 40.4 Å². The van der Waals surface area contributed by atoms with Crippen molar-refractivity contribution >= 4 is 11.5 Å². The molecule has 0 radical (unpaired) electrons. The molecule has 0 unspecified atom stereocenters. The van der Waals surface area contributed by atoms with E-state index in [4.69, 9.17) is 0 Å². The second-order valence-corrected chi connectivity index (χ2v) is 6.24. The number of nitro groups is 1. The topological polar surface area (TPSA) is 82.2 Å². The summed E-state index contributed by atoms with van der Waals surface area (Å²) in [4.78, 5) is 34.7. The molecule has 0 atom stereocenters. The summed E-state index contributed by atoms with van der Waals surface area (Å²) in [6.45, 7) is -0.230. The molecule has 4 rings (SSSR count). The van der Waals surface area contributed by atoms with Crippen LogP contribution in [0.3, 0.4) is 0 Å². The molecule has 6 heteroatoms. The predicted octanol–water partition coefficient (Wildman–Crippen LogP) is 3.21. The Labute approximate surface area is 148 Å². The number of fused-ring (bicyclic) bond motifs is 3. The highest BCUT2D eigenvalue weighted by molar-refractivity contribution is 5.97. The van der Waals surface area contributed by atoms with Crippen molar-refractivity contribution in [1.29, 1.82) is 0 Å². The fourth-order valence-electron chi connectivity index (χ4n) is 3.31. The van der Waals surface area contributed by atoms with Crippen LogP contribution in [0.25, 0.3) is 11.1 Å². The van der Waals surface area contributed by atoms with Gasteiger partial charge in [0.05, 0.1) is 17.7 Å². The van der Waals surface area contributed by atoms with Gasteiger partial charge in [-0.25, -0.2) is 0 Å². The van der Waals surface area contributed by atoms with Gasteiger partial charge in [-0.2, -0.15) is 0 Å². The maximum atomic E-state index is 12.6. The number of carbonyl (C=O) groups excluding carboxylic acids is 1. The fraction of sp³-hybridized carbons (Fsp3) is 0.100. The predicted molar refractivity (Wildman–Crippen MR) is 96.4 cm³/mol. The van der Waals surface area contributed by atoms with Gasteiger partial charge >= 0.3 is 0 Å². The van der Waals surface area contributed by atoms with Crippen LogP contribution in [0.2, 0.25) is 0 Å². The van der Waals surface area contributed by atoms with Crippen LogP contribution >= 0.6 is 0 Å². The Morgan fingerprint density at radius 2 is 1.81 bits per heavy atom. The molecule has 6 nitrogen and oxygen atoms in total. The Hall–Kier alpha value is -3.54. The van der Waals surface area contributed by atoms with Crippen molar-refractivity contribution in [1.82, 2.24) is 4.57 Å². The molecule has 128 valence electrons. The molecule has 0 amide bonds. The summed E-state index contributed by atoms with van der Waals surface area (Å²) < 4.78 is 1.07. The average molecular weight is 346 g/mol. The Morgan fingerprint density at radius 1 is 1.04 bits per heavy atom. The quantitative estimate of drug-likeness (QED) is 0.323. The van der Waals surface area contributed by atoms with Crippen LogP contribution in [0.4, 0.5) is 5.69 Å². The van der Waals surface area contributed by atoms with Gasteiger partial charge in [-0.15, -0.1) is 0 Å². The highest BCUT2D eigenvalue weighted by atomic mass is 16.6. The van der Waals surface area contributed by atoms with E-state index in [1.54, 1.807) is 6.07 Å². The molecular weight excluding hydrogens is 332 g/mol. The summed E-state index contributed by atoms with van der Waals surface area (Å²) in [6, 6.07) is 15.9. The molecule has 0 saturated heterocycles. The zero-order valence-electron chi connectivity index (χ0n) is 13.7. The van der Waals surface area contributed by atoms with E-state index in [2.05, 4.69) is 12.1 Å². The van der Waals surface area contributed by atoms with Crippen LogP contribution in [0.1, 0.15) is 21.5 Å². The maximum absolute atomic E-state index is 12.6. The van der Waals surface area contributed by atoms with Gasteiger partial charge in [0.1, 0.15) is 0 Å². The zero-order chi connectivity index (χ0) is 18.3. The molecule has 1 aliphatic rings. The average Bonchev–Trinajstić information content (AvgIpc) is 3.01. The minimum Gasteiger partial charge on any atom is -0.301 e. The lowest BCUT2D eigenvalue weighted by atomic mass is 10.0. The number of benzene rings is 2. The highest BCUT2D eigenvalue weighted by Crippen LogP contribution is 2.36. The molecule has 0 aliphatic heterocycles. The molecule has 0 spiro atoms. The molecule has 26 heavy (non-hydrogen) atoms. The second-order valence-electron chi connectivity index (χ2n) is 6.24. The molecule has 0 fully saturated rings. The first kappa shape index (κ1) is 16.0. The zero-order valence-corrected chi connectivity index (χ0v) is 13.7. The van der Waals surface area contributed by atoms with Gasteiger partial charge in [-0.3, -0.25) is 19.7 Å². The van der Waals surface area contributed by atoms with E-state index in [1.807, 2.05) is 24.3 Å². The van der Waals surface area contributed by atoms with E-state index >= 15 is 0 Å². The van der Waals surface area contributed by atoms with Crippen molar-refractivity contribution in [2.24, 2.45) is 0 Å². The third-order valence-corrected chi connectivity index (χ3v) is 4.61. The van der Waals surface area contributed by atoms with Crippen LogP contribution in [-0.4, -0.2) is 15.3 Å².